The molecule has 1 heterocycles. The van der Waals surface area contributed by atoms with Crippen LogP contribution in [-0.4, -0.2) is 54.3 Å². The van der Waals surface area contributed by atoms with Crippen LogP contribution in [0.25, 0.3) is 11.0 Å². The lowest BCUT2D eigenvalue weighted by molar-refractivity contribution is -0.265. The second kappa shape index (κ2) is 11.4. The van der Waals surface area contributed by atoms with Crippen molar-refractivity contribution in [1.82, 2.24) is 14.9 Å². The zero-order chi connectivity index (χ0) is 27.5. The van der Waals surface area contributed by atoms with Crippen molar-refractivity contribution in [2.75, 3.05) is 13.2 Å². The van der Waals surface area contributed by atoms with E-state index in [4.69, 9.17) is 14.2 Å². The molecule has 0 unspecified atom stereocenters. The standard InChI is InChI=1S/C24H37BrF3N3O4Si/c1-22(2,3)35-21(32)30-18(14-34-23(4,5)24(26,27)28)20-29-17-13-16(25)9-10-19(17)31(20)15-33-11-12-36(6,7)8/h9-10,13,18H,11-12,14-15H2,1-8H3,(H,30,32)/t18-/m0/s1. The maximum absolute atomic E-state index is 13.5. The lowest BCUT2D eigenvalue weighted by Gasteiger charge is -2.30. The summed E-state index contributed by atoms with van der Waals surface area (Å²) < 4.78 is 59.6. The molecule has 0 fully saturated rings. The highest BCUT2D eigenvalue weighted by Gasteiger charge is 2.49. The topological polar surface area (TPSA) is 74.6 Å². The highest BCUT2D eigenvalue weighted by Crippen LogP contribution is 2.34. The van der Waals surface area contributed by atoms with E-state index in [0.29, 0.717) is 23.5 Å². The van der Waals surface area contributed by atoms with Gasteiger partial charge >= 0.3 is 12.3 Å². The molecule has 2 aromatic rings. The van der Waals surface area contributed by atoms with Crippen molar-refractivity contribution < 1.29 is 32.2 Å². The zero-order valence-electron chi connectivity index (χ0n) is 22.2. The van der Waals surface area contributed by atoms with Crippen molar-refractivity contribution in [1.29, 1.82) is 0 Å². The first-order valence-electron chi connectivity index (χ1n) is 11.7. The molecule has 0 aliphatic rings. The van der Waals surface area contributed by atoms with E-state index in [9.17, 15) is 18.0 Å². The Balaban J connectivity index is 2.45. The molecule has 0 bridgehead atoms. The summed E-state index contributed by atoms with van der Waals surface area (Å²) in [7, 11) is -1.33. The quantitative estimate of drug-likeness (QED) is 0.235. The van der Waals surface area contributed by atoms with Crippen molar-refractivity contribution in [3.05, 3.63) is 28.5 Å². The Bertz CT molecular complexity index is 1050. The Hall–Kier alpha value is -1.63. The minimum Gasteiger partial charge on any atom is -0.444 e. The lowest BCUT2D eigenvalue weighted by atomic mass is 10.1. The molecule has 0 saturated carbocycles. The number of nitrogens with one attached hydrogen (secondary N) is 1. The van der Waals surface area contributed by atoms with Gasteiger partial charge in [-0.1, -0.05) is 35.6 Å². The van der Waals surface area contributed by atoms with Gasteiger partial charge in [-0.3, -0.25) is 0 Å². The number of imidazole rings is 1. The monoisotopic (exact) mass is 595 g/mol. The van der Waals surface area contributed by atoms with Gasteiger partial charge in [-0.2, -0.15) is 13.2 Å². The molecule has 1 aromatic carbocycles. The molecule has 0 spiro atoms. The van der Waals surface area contributed by atoms with Crippen LogP contribution < -0.4 is 5.32 Å². The first kappa shape index (κ1) is 30.6. The Morgan fingerprint density at radius 1 is 1.17 bits per heavy atom. The molecular weight excluding hydrogens is 559 g/mol. The molecule has 0 radical (unpaired) electrons. The van der Waals surface area contributed by atoms with Crippen LogP contribution in [0.5, 0.6) is 0 Å². The number of hydrogen-bond donors (Lipinski definition) is 1. The van der Waals surface area contributed by atoms with Crippen LogP contribution in [0, 0.1) is 0 Å². The second-order valence-corrected chi connectivity index (χ2v) is 17.9. The van der Waals surface area contributed by atoms with Crippen LogP contribution in [-0.2, 0) is 20.9 Å². The van der Waals surface area contributed by atoms with E-state index in [1.54, 1.807) is 31.4 Å². The Labute approximate surface area is 220 Å². The summed E-state index contributed by atoms with van der Waals surface area (Å²) in [5.74, 6) is 0.305. The van der Waals surface area contributed by atoms with Crippen LogP contribution in [0.4, 0.5) is 18.0 Å². The molecule has 36 heavy (non-hydrogen) atoms. The number of aromatic nitrogens is 2. The number of rotatable bonds is 10. The normalized spacial score (nSPS) is 14.2. The maximum Gasteiger partial charge on any atom is 0.416 e. The van der Waals surface area contributed by atoms with Crippen LogP contribution in [0.3, 0.4) is 0 Å². The van der Waals surface area contributed by atoms with Gasteiger partial charge in [0.25, 0.3) is 0 Å². The van der Waals surface area contributed by atoms with Crippen LogP contribution in [0.15, 0.2) is 22.7 Å². The van der Waals surface area contributed by atoms with E-state index in [0.717, 1.165) is 24.4 Å². The largest absolute Gasteiger partial charge is 0.444 e. The van der Waals surface area contributed by atoms with Gasteiger partial charge in [0.1, 0.15) is 24.2 Å². The number of carbonyl (C=O) groups is 1. The average molecular weight is 597 g/mol. The Morgan fingerprint density at radius 2 is 1.81 bits per heavy atom. The number of benzene rings is 1. The van der Waals surface area contributed by atoms with Gasteiger partial charge < -0.3 is 24.1 Å². The van der Waals surface area contributed by atoms with E-state index >= 15 is 0 Å². The van der Waals surface area contributed by atoms with Crippen LogP contribution in [0.1, 0.15) is 46.5 Å². The van der Waals surface area contributed by atoms with Gasteiger partial charge in [-0.15, -0.1) is 0 Å². The number of halogens is 4. The molecule has 204 valence electrons. The number of carbonyl (C=O) groups excluding carboxylic acids is 1. The smallest absolute Gasteiger partial charge is 0.416 e. The van der Waals surface area contributed by atoms with Crippen molar-refractivity contribution in [3.8, 4) is 0 Å². The third-order valence-electron chi connectivity index (χ3n) is 5.25. The number of alkyl halides is 3. The number of ether oxygens (including phenoxy) is 3. The SMILES string of the molecule is CC(C)(C)OC(=O)N[C@@H](COC(C)(C)C(F)(F)F)c1nc2cc(Br)ccc2n1COCC[Si](C)(C)C. The molecule has 0 aliphatic heterocycles. The molecule has 1 amide bonds. The summed E-state index contributed by atoms with van der Waals surface area (Å²) in [5.41, 5.74) is -1.92. The molecule has 0 aliphatic carbocycles. The van der Waals surface area contributed by atoms with Gasteiger partial charge in [0, 0.05) is 19.2 Å². The van der Waals surface area contributed by atoms with E-state index in [-0.39, 0.29) is 6.73 Å². The summed E-state index contributed by atoms with van der Waals surface area (Å²) in [4.78, 5) is 17.3. The zero-order valence-corrected chi connectivity index (χ0v) is 24.8. The van der Waals surface area contributed by atoms with Crippen molar-refractivity contribution in [2.24, 2.45) is 0 Å². The third kappa shape index (κ3) is 9.04. The van der Waals surface area contributed by atoms with Crippen LogP contribution >= 0.6 is 15.9 Å². The average Bonchev–Trinajstić information content (AvgIpc) is 3.02. The number of amides is 1. The molecule has 12 heteroatoms. The fourth-order valence-electron chi connectivity index (χ4n) is 3.06. The van der Waals surface area contributed by atoms with Gasteiger partial charge in [0.15, 0.2) is 5.60 Å². The lowest BCUT2D eigenvalue weighted by Crippen LogP contribution is -2.45. The number of nitrogens with zero attached hydrogens (tertiary/aromatic N) is 2. The van der Waals surface area contributed by atoms with Gasteiger partial charge in [0.2, 0.25) is 0 Å². The highest BCUT2D eigenvalue weighted by atomic mass is 79.9. The fourth-order valence-corrected chi connectivity index (χ4v) is 4.17. The van der Waals surface area contributed by atoms with Gasteiger partial charge in [-0.25, -0.2) is 9.78 Å². The van der Waals surface area contributed by atoms with Gasteiger partial charge in [-0.05, 0) is 58.9 Å². The van der Waals surface area contributed by atoms with Crippen molar-refractivity contribution in [2.45, 2.75) is 90.5 Å². The van der Waals surface area contributed by atoms with Gasteiger partial charge in [0.05, 0.1) is 17.6 Å². The second-order valence-electron chi connectivity index (χ2n) is 11.4. The predicted octanol–water partition coefficient (Wildman–Crippen LogP) is 7.03. The number of hydrogen-bond acceptors (Lipinski definition) is 5. The molecule has 1 aromatic heterocycles. The predicted molar refractivity (Wildman–Crippen MR) is 140 cm³/mol. The third-order valence-corrected chi connectivity index (χ3v) is 7.45. The molecular formula is C24H37BrF3N3O4Si. The minimum atomic E-state index is -4.60. The minimum absolute atomic E-state index is 0.118. The first-order valence-corrected chi connectivity index (χ1v) is 16.2. The summed E-state index contributed by atoms with van der Waals surface area (Å²) >= 11 is 3.43. The Morgan fingerprint density at radius 3 is 2.36 bits per heavy atom. The summed E-state index contributed by atoms with van der Waals surface area (Å²) in [5, 5.41) is 2.65. The fraction of sp³-hybridized carbons (Fsp3) is 0.667. The van der Waals surface area contributed by atoms with E-state index < -0.39 is 44.2 Å². The van der Waals surface area contributed by atoms with E-state index in [2.05, 4.69) is 45.9 Å². The molecule has 0 saturated heterocycles. The molecule has 1 N–H and O–H groups in total. The van der Waals surface area contributed by atoms with Crippen molar-refractivity contribution in [3.63, 3.8) is 0 Å². The van der Waals surface area contributed by atoms with Crippen molar-refractivity contribution >= 4 is 41.1 Å². The highest BCUT2D eigenvalue weighted by molar-refractivity contribution is 9.10. The Kier molecular flexibility index (Phi) is 9.69. The van der Waals surface area contributed by atoms with E-state index in [1.807, 2.05) is 12.1 Å². The summed E-state index contributed by atoms with van der Waals surface area (Å²) in [6.07, 6.45) is -5.39. The first-order chi connectivity index (χ1) is 16.3. The molecule has 2 rings (SSSR count). The molecule has 1 atom stereocenters. The summed E-state index contributed by atoms with van der Waals surface area (Å²) in [6, 6.07) is 5.38. The van der Waals surface area contributed by atoms with E-state index in [1.165, 1.54) is 0 Å². The summed E-state index contributed by atoms with van der Waals surface area (Å²) in [6.45, 7) is 13.9. The van der Waals surface area contributed by atoms with Crippen LogP contribution in [0.2, 0.25) is 25.7 Å². The number of fused-ring (bicyclic) bond motifs is 1. The number of alkyl carbamates (subject to hydrolysis) is 1. The molecule has 7 nitrogen and oxygen atoms in total. The maximum atomic E-state index is 13.5.